The van der Waals surface area contributed by atoms with Crippen LogP contribution in [0.3, 0.4) is 0 Å². The monoisotopic (exact) mass is 585 g/mol. The summed E-state index contributed by atoms with van der Waals surface area (Å²) in [6, 6.07) is 11.5. The fraction of sp³-hybridized carbons (Fsp3) is 0.261. The van der Waals surface area contributed by atoms with Gasteiger partial charge in [0.05, 0.1) is 18.3 Å². The van der Waals surface area contributed by atoms with Gasteiger partial charge in [0.1, 0.15) is 6.54 Å². The SMILES string of the molecule is C[C@H](NC(=O)O)c1nc(Cn2nc(-c3ccc(Cl)cc3)n(C[C@H](O)C(F)(F)F)c2=O)nn1-c1cccc(Cl)c1. The Morgan fingerprint density at radius 2 is 1.79 bits per heavy atom. The van der Waals surface area contributed by atoms with E-state index in [4.69, 9.17) is 28.3 Å². The van der Waals surface area contributed by atoms with Gasteiger partial charge in [-0.2, -0.15) is 13.2 Å². The molecule has 0 aliphatic carbocycles. The number of aliphatic hydroxyl groups is 1. The number of carboxylic acid groups (broad SMARTS) is 1. The highest BCUT2D eigenvalue weighted by atomic mass is 35.5. The number of benzene rings is 2. The molecule has 2 aromatic carbocycles. The number of hydrogen-bond donors (Lipinski definition) is 3. The number of aliphatic hydroxyl groups excluding tert-OH is 1. The molecule has 0 saturated carbocycles. The first-order chi connectivity index (χ1) is 18.3. The van der Waals surface area contributed by atoms with Crippen molar-refractivity contribution in [2.45, 2.75) is 38.3 Å². The van der Waals surface area contributed by atoms with Gasteiger partial charge < -0.3 is 15.5 Å². The number of nitrogens with zero attached hydrogens (tertiary/aromatic N) is 6. The second-order valence-electron chi connectivity index (χ2n) is 8.39. The molecular weight excluding hydrogens is 566 g/mol. The van der Waals surface area contributed by atoms with Crippen LogP contribution >= 0.6 is 23.2 Å². The summed E-state index contributed by atoms with van der Waals surface area (Å²) in [4.78, 5) is 28.8. The predicted molar refractivity (Wildman–Crippen MR) is 134 cm³/mol. The summed E-state index contributed by atoms with van der Waals surface area (Å²) in [7, 11) is 0. The first kappa shape index (κ1) is 28.1. The zero-order valence-electron chi connectivity index (χ0n) is 20.0. The number of carbonyl (C=O) groups is 1. The van der Waals surface area contributed by atoms with E-state index < -0.39 is 36.6 Å². The van der Waals surface area contributed by atoms with Gasteiger partial charge in [-0.25, -0.2) is 23.9 Å². The average molecular weight is 586 g/mol. The number of amides is 1. The van der Waals surface area contributed by atoms with Crippen LogP contribution in [0, 0.1) is 0 Å². The van der Waals surface area contributed by atoms with Crippen molar-refractivity contribution in [3.8, 4) is 17.1 Å². The first-order valence-electron chi connectivity index (χ1n) is 11.2. The quantitative estimate of drug-likeness (QED) is 0.285. The third-order valence-electron chi connectivity index (χ3n) is 5.51. The van der Waals surface area contributed by atoms with Crippen LogP contribution in [0.2, 0.25) is 10.0 Å². The van der Waals surface area contributed by atoms with E-state index in [0.29, 0.717) is 20.3 Å². The second kappa shape index (κ2) is 11.1. The zero-order chi connectivity index (χ0) is 28.5. The highest BCUT2D eigenvalue weighted by Gasteiger charge is 2.39. The molecule has 2 aromatic heterocycles. The molecule has 0 bridgehead atoms. The molecule has 4 aromatic rings. The first-order valence-corrected chi connectivity index (χ1v) is 12.0. The van der Waals surface area contributed by atoms with Gasteiger partial charge in [-0.05, 0) is 49.4 Å². The molecule has 0 saturated heterocycles. The van der Waals surface area contributed by atoms with E-state index in [0.717, 1.165) is 4.68 Å². The van der Waals surface area contributed by atoms with Gasteiger partial charge in [0, 0.05) is 15.6 Å². The maximum atomic E-state index is 13.2. The van der Waals surface area contributed by atoms with Gasteiger partial charge in [-0.3, -0.25) is 4.57 Å². The van der Waals surface area contributed by atoms with Crippen molar-refractivity contribution in [2.75, 3.05) is 0 Å². The van der Waals surface area contributed by atoms with Crippen molar-refractivity contribution in [3.05, 3.63) is 80.7 Å². The van der Waals surface area contributed by atoms with Crippen LogP contribution in [0.4, 0.5) is 18.0 Å². The van der Waals surface area contributed by atoms with E-state index in [1.165, 1.54) is 35.9 Å². The fourth-order valence-electron chi connectivity index (χ4n) is 3.69. The number of alkyl halides is 3. The molecule has 2 atom stereocenters. The molecule has 11 nitrogen and oxygen atoms in total. The highest BCUT2D eigenvalue weighted by Crippen LogP contribution is 2.24. The minimum atomic E-state index is -4.97. The molecule has 2 heterocycles. The summed E-state index contributed by atoms with van der Waals surface area (Å²) in [6.07, 6.45) is -9.11. The lowest BCUT2D eigenvalue weighted by molar-refractivity contribution is -0.207. The summed E-state index contributed by atoms with van der Waals surface area (Å²) >= 11 is 12.0. The average Bonchev–Trinajstić information content (AvgIpc) is 3.41. The number of rotatable bonds is 8. The molecular formula is C23H20Cl2F3N7O4. The molecule has 0 fully saturated rings. The van der Waals surface area contributed by atoms with Crippen LogP contribution < -0.4 is 11.0 Å². The van der Waals surface area contributed by atoms with E-state index in [1.54, 1.807) is 24.3 Å². The predicted octanol–water partition coefficient (Wildman–Crippen LogP) is 3.90. The van der Waals surface area contributed by atoms with Crippen LogP contribution in [0.15, 0.2) is 53.3 Å². The van der Waals surface area contributed by atoms with Crippen LogP contribution in [-0.4, -0.2) is 57.7 Å². The topological polar surface area (TPSA) is 140 Å². The maximum Gasteiger partial charge on any atom is 0.416 e. The van der Waals surface area contributed by atoms with Gasteiger partial charge in [0.15, 0.2) is 23.6 Å². The van der Waals surface area contributed by atoms with Crippen molar-refractivity contribution in [2.24, 2.45) is 0 Å². The maximum absolute atomic E-state index is 13.2. The van der Waals surface area contributed by atoms with Crippen LogP contribution in [0.25, 0.3) is 17.1 Å². The summed E-state index contributed by atoms with van der Waals surface area (Å²) in [6.45, 7) is 0.0470. The van der Waals surface area contributed by atoms with Gasteiger partial charge in [0.2, 0.25) is 0 Å². The molecule has 39 heavy (non-hydrogen) atoms. The van der Waals surface area contributed by atoms with Crippen molar-refractivity contribution in [3.63, 3.8) is 0 Å². The Kier molecular flexibility index (Phi) is 7.99. The number of halogens is 5. The summed E-state index contributed by atoms with van der Waals surface area (Å²) in [5.74, 6) is 0.0257. The van der Waals surface area contributed by atoms with Gasteiger partial charge in [-0.1, -0.05) is 29.3 Å². The molecule has 3 N–H and O–H groups in total. The van der Waals surface area contributed by atoms with E-state index >= 15 is 0 Å². The molecule has 1 amide bonds. The molecule has 0 aliphatic heterocycles. The molecule has 0 radical (unpaired) electrons. The standard InChI is InChI=1S/C23H20Cl2F3N7O4/c1-12(29-21(37)38)19-30-18(31-35(19)16-4-2-3-15(25)9-16)11-34-22(39)33(10-17(36)23(26,27)28)20(32-34)13-5-7-14(24)8-6-13/h2-9,12,17,29,36H,10-11H2,1H3,(H,37,38)/t12-,17-/m0/s1. The molecule has 4 rings (SSSR count). The Balaban J connectivity index is 1.78. The second-order valence-corrected chi connectivity index (χ2v) is 9.26. The summed E-state index contributed by atoms with van der Waals surface area (Å²) < 4.78 is 42.2. The number of nitrogens with one attached hydrogen (secondary N) is 1. The van der Waals surface area contributed by atoms with Gasteiger partial charge in [-0.15, -0.1) is 10.2 Å². The van der Waals surface area contributed by atoms with Crippen molar-refractivity contribution in [1.82, 2.24) is 34.4 Å². The lowest BCUT2D eigenvalue weighted by Crippen LogP contribution is -2.37. The normalized spacial score (nSPS) is 13.3. The molecule has 0 spiro atoms. The third kappa shape index (κ3) is 6.41. The number of hydrogen-bond acceptors (Lipinski definition) is 6. The van der Waals surface area contributed by atoms with E-state index in [-0.39, 0.29) is 29.6 Å². The minimum Gasteiger partial charge on any atom is -0.465 e. The fourth-order valence-corrected chi connectivity index (χ4v) is 4.01. The highest BCUT2D eigenvalue weighted by molar-refractivity contribution is 6.31. The Labute approximate surface area is 228 Å². The lowest BCUT2D eigenvalue weighted by atomic mass is 10.2. The van der Waals surface area contributed by atoms with Crippen LogP contribution in [-0.2, 0) is 13.1 Å². The van der Waals surface area contributed by atoms with Gasteiger partial charge in [0.25, 0.3) is 0 Å². The van der Waals surface area contributed by atoms with E-state index in [9.17, 15) is 27.9 Å². The molecule has 0 unspecified atom stereocenters. The Morgan fingerprint density at radius 3 is 2.41 bits per heavy atom. The Bertz CT molecular complexity index is 1550. The Hall–Kier alpha value is -3.88. The Morgan fingerprint density at radius 1 is 1.10 bits per heavy atom. The van der Waals surface area contributed by atoms with E-state index in [2.05, 4.69) is 20.5 Å². The number of aromatic nitrogens is 6. The summed E-state index contributed by atoms with van der Waals surface area (Å²) in [5, 5.41) is 30.4. The van der Waals surface area contributed by atoms with Crippen molar-refractivity contribution >= 4 is 29.3 Å². The minimum absolute atomic E-state index is 0.00907. The van der Waals surface area contributed by atoms with Gasteiger partial charge >= 0.3 is 18.0 Å². The molecule has 206 valence electrons. The zero-order valence-corrected chi connectivity index (χ0v) is 21.5. The largest absolute Gasteiger partial charge is 0.465 e. The lowest BCUT2D eigenvalue weighted by Gasteiger charge is -2.15. The van der Waals surface area contributed by atoms with Crippen LogP contribution in [0.1, 0.15) is 24.6 Å². The van der Waals surface area contributed by atoms with Crippen molar-refractivity contribution < 1.29 is 28.2 Å². The van der Waals surface area contributed by atoms with Crippen molar-refractivity contribution in [1.29, 1.82) is 0 Å². The molecule has 16 heteroatoms. The van der Waals surface area contributed by atoms with Crippen LogP contribution in [0.5, 0.6) is 0 Å². The third-order valence-corrected chi connectivity index (χ3v) is 5.99. The smallest absolute Gasteiger partial charge is 0.416 e. The van der Waals surface area contributed by atoms with E-state index in [1.807, 2.05) is 0 Å². The summed E-state index contributed by atoms with van der Waals surface area (Å²) in [5.41, 5.74) is -0.231. The molecule has 0 aliphatic rings.